The summed E-state index contributed by atoms with van der Waals surface area (Å²) in [6, 6.07) is 8.37. The van der Waals surface area contributed by atoms with Crippen molar-refractivity contribution in [3.8, 4) is 5.75 Å². The van der Waals surface area contributed by atoms with E-state index >= 15 is 0 Å². The van der Waals surface area contributed by atoms with Crippen molar-refractivity contribution in [3.63, 3.8) is 0 Å². The molecule has 1 N–H and O–H groups in total. The fourth-order valence-corrected chi connectivity index (χ4v) is 2.26. The van der Waals surface area contributed by atoms with Crippen LogP contribution in [0, 0.1) is 0 Å². The van der Waals surface area contributed by atoms with Crippen LogP contribution in [0.25, 0.3) is 0 Å². The molecular weight excluding hydrogens is 276 g/mol. The third-order valence-corrected chi connectivity index (χ3v) is 3.46. The van der Waals surface area contributed by atoms with Gasteiger partial charge in [0, 0.05) is 5.56 Å². The van der Waals surface area contributed by atoms with Gasteiger partial charge in [0.1, 0.15) is 5.75 Å². The van der Waals surface area contributed by atoms with E-state index in [0.29, 0.717) is 14.9 Å². The number of thiophene rings is 1. The Balaban J connectivity index is 2.39. The first-order valence-corrected chi connectivity index (χ1v) is 5.92. The third-order valence-electron chi connectivity index (χ3n) is 1.95. The molecule has 1 heterocycles. The second kappa shape index (κ2) is 4.16. The van der Waals surface area contributed by atoms with Crippen molar-refractivity contribution >= 4 is 33.0 Å². The number of hydrogen-bond donors (Lipinski definition) is 1. The highest BCUT2D eigenvalue weighted by molar-refractivity contribution is 9.10. The van der Waals surface area contributed by atoms with Crippen molar-refractivity contribution in [2.75, 3.05) is 0 Å². The van der Waals surface area contributed by atoms with Gasteiger partial charge in [-0.1, -0.05) is 6.07 Å². The van der Waals surface area contributed by atoms with E-state index in [-0.39, 0.29) is 11.5 Å². The van der Waals surface area contributed by atoms with Crippen LogP contribution >= 0.6 is 27.3 Å². The van der Waals surface area contributed by atoms with Crippen LogP contribution in [0.15, 0.2) is 40.2 Å². The maximum Gasteiger partial charge on any atom is 0.202 e. The number of benzene rings is 1. The highest BCUT2D eigenvalue weighted by Crippen LogP contribution is 2.26. The van der Waals surface area contributed by atoms with Crippen LogP contribution in [-0.2, 0) is 0 Å². The van der Waals surface area contributed by atoms with Crippen LogP contribution in [0.1, 0.15) is 15.2 Å². The van der Waals surface area contributed by atoms with Gasteiger partial charge in [0.15, 0.2) is 0 Å². The maximum absolute atomic E-state index is 11.9. The van der Waals surface area contributed by atoms with Crippen LogP contribution in [-0.4, -0.2) is 10.9 Å². The molecule has 0 aliphatic heterocycles. The minimum atomic E-state index is -0.0225. The van der Waals surface area contributed by atoms with Gasteiger partial charge in [0.05, 0.1) is 9.35 Å². The lowest BCUT2D eigenvalue weighted by Gasteiger charge is -2.00. The summed E-state index contributed by atoms with van der Waals surface area (Å²) in [5, 5.41) is 11.2. The second-order valence-electron chi connectivity index (χ2n) is 2.97. The molecule has 0 saturated carbocycles. The van der Waals surface area contributed by atoms with Crippen molar-refractivity contribution in [3.05, 3.63) is 50.6 Å². The number of phenolic OH excluding ortho intramolecular Hbond substituents is 1. The molecule has 0 fully saturated rings. The Kier molecular flexibility index (Phi) is 2.88. The third kappa shape index (κ3) is 2.11. The van der Waals surface area contributed by atoms with Gasteiger partial charge in [-0.15, -0.1) is 11.3 Å². The maximum atomic E-state index is 11.9. The lowest BCUT2D eigenvalue weighted by molar-refractivity contribution is 0.104. The number of phenols is 1. The Morgan fingerprint density at radius 2 is 2.13 bits per heavy atom. The monoisotopic (exact) mass is 282 g/mol. The van der Waals surface area contributed by atoms with E-state index in [4.69, 9.17) is 0 Å². The van der Waals surface area contributed by atoms with Crippen molar-refractivity contribution in [2.24, 2.45) is 0 Å². The molecule has 2 nitrogen and oxygen atoms in total. The number of halogens is 1. The molecule has 2 rings (SSSR count). The zero-order valence-electron chi connectivity index (χ0n) is 7.61. The van der Waals surface area contributed by atoms with Gasteiger partial charge >= 0.3 is 0 Å². The first-order valence-electron chi connectivity index (χ1n) is 4.25. The van der Waals surface area contributed by atoms with Crippen molar-refractivity contribution in [1.29, 1.82) is 0 Å². The predicted molar refractivity (Wildman–Crippen MR) is 63.6 cm³/mol. The minimum absolute atomic E-state index is 0.0225. The highest BCUT2D eigenvalue weighted by atomic mass is 79.9. The molecule has 0 atom stereocenters. The number of ketones is 1. The summed E-state index contributed by atoms with van der Waals surface area (Å²) < 4.78 is 0.532. The van der Waals surface area contributed by atoms with E-state index < -0.39 is 0 Å². The summed E-state index contributed by atoms with van der Waals surface area (Å²) >= 11 is 4.59. The minimum Gasteiger partial charge on any atom is -0.507 e. The zero-order valence-corrected chi connectivity index (χ0v) is 10.0. The summed E-state index contributed by atoms with van der Waals surface area (Å²) in [5.74, 6) is 0.114. The standard InChI is InChI=1S/C11H7BrO2S/c12-8-6-7(3-4-9(8)13)11(14)10-2-1-5-15-10/h1-6,13H. The summed E-state index contributed by atoms with van der Waals surface area (Å²) in [6.07, 6.45) is 0. The fourth-order valence-electron chi connectivity index (χ4n) is 1.20. The molecule has 1 aromatic carbocycles. The number of carbonyl (C=O) groups is 1. The molecule has 4 heteroatoms. The Morgan fingerprint density at radius 3 is 2.73 bits per heavy atom. The molecule has 2 aromatic rings. The summed E-state index contributed by atoms with van der Waals surface area (Å²) in [5.41, 5.74) is 0.571. The highest BCUT2D eigenvalue weighted by Gasteiger charge is 2.11. The van der Waals surface area contributed by atoms with Crippen molar-refractivity contribution in [2.45, 2.75) is 0 Å². The van der Waals surface area contributed by atoms with Gasteiger partial charge in [0.25, 0.3) is 0 Å². The van der Waals surface area contributed by atoms with Gasteiger partial charge in [0.2, 0.25) is 5.78 Å². The molecule has 0 bridgehead atoms. The normalized spacial score (nSPS) is 10.2. The van der Waals surface area contributed by atoms with Gasteiger partial charge < -0.3 is 5.11 Å². The second-order valence-corrected chi connectivity index (χ2v) is 4.77. The molecule has 0 unspecified atom stereocenters. The molecular formula is C11H7BrO2S. The molecule has 76 valence electrons. The van der Waals surface area contributed by atoms with Crippen LogP contribution in [0.3, 0.4) is 0 Å². The van der Waals surface area contributed by atoms with E-state index in [9.17, 15) is 9.90 Å². The van der Waals surface area contributed by atoms with Gasteiger partial charge in [-0.25, -0.2) is 0 Å². The molecule has 0 spiro atoms. The van der Waals surface area contributed by atoms with E-state index in [0.717, 1.165) is 0 Å². The SMILES string of the molecule is O=C(c1ccc(O)c(Br)c1)c1cccs1. The first-order chi connectivity index (χ1) is 7.18. The summed E-state index contributed by atoms with van der Waals surface area (Å²) in [7, 11) is 0. The van der Waals surface area contributed by atoms with Crippen LogP contribution in [0.4, 0.5) is 0 Å². The van der Waals surface area contributed by atoms with Crippen LogP contribution in [0.2, 0.25) is 0 Å². The van der Waals surface area contributed by atoms with E-state index in [1.807, 2.05) is 11.4 Å². The fraction of sp³-hybridized carbons (Fsp3) is 0. The number of hydrogen-bond acceptors (Lipinski definition) is 3. The van der Waals surface area contributed by atoms with Crippen molar-refractivity contribution < 1.29 is 9.90 Å². The molecule has 0 radical (unpaired) electrons. The zero-order chi connectivity index (χ0) is 10.8. The molecule has 15 heavy (non-hydrogen) atoms. The van der Waals surface area contributed by atoms with Crippen LogP contribution in [0.5, 0.6) is 5.75 Å². The van der Waals surface area contributed by atoms with Crippen molar-refractivity contribution in [1.82, 2.24) is 0 Å². The van der Waals surface area contributed by atoms with E-state index in [1.165, 1.54) is 17.4 Å². The smallest absolute Gasteiger partial charge is 0.202 e. The topological polar surface area (TPSA) is 37.3 Å². The molecule has 0 aliphatic carbocycles. The lowest BCUT2D eigenvalue weighted by Crippen LogP contribution is -1.97. The largest absolute Gasteiger partial charge is 0.507 e. The predicted octanol–water partition coefficient (Wildman–Crippen LogP) is 3.45. The van der Waals surface area contributed by atoms with E-state index in [2.05, 4.69) is 15.9 Å². The molecule has 0 aliphatic rings. The average molecular weight is 283 g/mol. The number of aromatic hydroxyl groups is 1. The quantitative estimate of drug-likeness (QED) is 0.857. The Morgan fingerprint density at radius 1 is 1.33 bits per heavy atom. The Bertz CT molecular complexity index is 491. The van der Waals surface area contributed by atoms with E-state index in [1.54, 1.807) is 18.2 Å². The summed E-state index contributed by atoms with van der Waals surface area (Å²) in [6.45, 7) is 0. The number of rotatable bonds is 2. The summed E-state index contributed by atoms with van der Waals surface area (Å²) in [4.78, 5) is 12.6. The molecule has 1 aromatic heterocycles. The van der Waals surface area contributed by atoms with Gasteiger partial charge in [-0.3, -0.25) is 4.79 Å². The average Bonchev–Trinajstić information content (AvgIpc) is 2.74. The molecule has 0 amide bonds. The first kappa shape index (κ1) is 10.4. The molecule has 0 saturated heterocycles. The lowest BCUT2D eigenvalue weighted by atomic mass is 10.1. The number of carbonyl (C=O) groups excluding carboxylic acids is 1. The Labute approximate surface area is 99.3 Å². The van der Waals surface area contributed by atoms with Crippen LogP contribution < -0.4 is 0 Å². The van der Waals surface area contributed by atoms with Gasteiger partial charge in [-0.05, 0) is 45.6 Å². The van der Waals surface area contributed by atoms with Gasteiger partial charge in [-0.2, -0.15) is 0 Å². The Hall–Kier alpha value is -1.13.